The fourth-order valence-electron chi connectivity index (χ4n) is 6.73. The number of halogens is 11. The lowest BCUT2D eigenvalue weighted by Gasteiger charge is -2.35. The van der Waals surface area contributed by atoms with Crippen LogP contribution in [0.2, 0.25) is 0 Å². The Kier molecular flexibility index (Phi) is 12.9. The van der Waals surface area contributed by atoms with E-state index in [1.165, 1.54) is 30.0 Å². The zero-order valence-corrected chi connectivity index (χ0v) is 30.5. The molecule has 8 nitrogen and oxygen atoms in total. The molecule has 0 spiro atoms. The van der Waals surface area contributed by atoms with Crippen molar-refractivity contribution in [1.29, 1.82) is 0 Å². The Morgan fingerprint density at radius 2 is 1.66 bits per heavy atom. The van der Waals surface area contributed by atoms with Gasteiger partial charge in [0, 0.05) is 44.0 Å². The van der Waals surface area contributed by atoms with Crippen LogP contribution >= 0.6 is 0 Å². The summed E-state index contributed by atoms with van der Waals surface area (Å²) >= 11 is 0. The maximum absolute atomic E-state index is 16.1. The van der Waals surface area contributed by atoms with Gasteiger partial charge in [0.2, 0.25) is 5.91 Å². The Balaban J connectivity index is 1.78. The summed E-state index contributed by atoms with van der Waals surface area (Å²) in [6.45, 7) is 0.852. The van der Waals surface area contributed by atoms with Crippen LogP contribution in [0, 0.1) is 5.82 Å². The molecule has 1 N–H and O–H groups in total. The number of allylic oxidation sites excluding steroid dienone is 2. The molecule has 0 saturated carbocycles. The number of likely N-dealkylation sites (tertiary alicyclic amines) is 1. The van der Waals surface area contributed by atoms with E-state index in [4.69, 9.17) is 9.47 Å². The highest BCUT2D eigenvalue weighted by atomic mass is 19.4. The van der Waals surface area contributed by atoms with Gasteiger partial charge in [0.25, 0.3) is 0 Å². The van der Waals surface area contributed by atoms with Crippen LogP contribution in [0.15, 0.2) is 78.0 Å². The summed E-state index contributed by atoms with van der Waals surface area (Å²) in [7, 11) is 1.14. The number of nitrogens with zero attached hydrogens (tertiary/aromatic N) is 2. The first-order valence-corrected chi connectivity index (χ1v) is 17.5. The van der Waals surface area contributed by atoms with Crippen molar-refractivity contribution in [3.05, 3.63) is 106 Å². The number of alkyl halides is 10. The fraction of sp³-hybridized carbons (Fsp3) is 0.359. The minimum Gasteiger partial charge on any atom is -0.466 e. The molecule has 1 amide bonds. The summed E-state index contributed by atoms with van der Waals surface area (Å²) < 4.78 is 171. The number of carbonyl (C=O) groups excluding carboxylic acids is 3. The number of rotatable bonds is 10. The lowest BCUT2D eigenvalue weighted by Crippen LogP contribution is -2.48. The summed E-state index contributed by atoms with van der Waals surface area (Å²) in [5, 5.41) is 2.29. The van der Waals surface area contributed by atoms with E-state index in [2.05, 4.69) is 5.32 Å². The van der Waals surface area contributed by atoms with Crippen LogP contribution in [0.3, 0.4) is 0 Å². The molecule has 3 aromatic carbocycles. The van der Waals surface area contributed by atoms with Gasteiger partial charge >= 0.3 is 24.5 Å². The first-order valence-electron chi connectivity index (χ1n) is 17.5. The summed E-state index contributed by atoms with van der Waals surface area (Å²) in [6, 6.07) is 4.30. The highest BCUT2D eigenvalue weighted by molar-refractivity contribution is 5.85. The van der Waals surface area contributed by atoms with E-state index in [9.17, 15) is 58.3 Å². The second-order valence-corrected chi connectivity index (χ2v) is 13.4. The van der Waals surface area contributed by atoms with Gasteiger partial charge in [0.05, 0.1) is 35.8 Å². The fourth-order valence-corrected chi connectivity index (χ4v) is 6.73. The SMILES string of the molecule is CCOC(=O)C[C@@H]1NC(=O)C(N(C)/C=C(CCN2CC(F)C2)\C(=C/C=O)C(F)(F)F)c2cccc(c2)Oc2cccc(C(F)(F)F)c2-c2cc1c(F)c(C(F)(F)F)c2. The monoisotopic (exact) mass is 833 g/mol. The Hall–Kier alpha value is -5.46. The second-order valence-electron chi connectivity index (χ2n) is 13.4. The van der Waals surface area contributed by atoms with E-state index < -0.39 is 112 Å². The quantitative estimate of drug-likeness (QED) is 0.0718. The van der Waals surface area contributed by atoms with Gasteiger partial charge in [-0.15, -0.1) is 0 Å². The van der Waals surface area contributed by atoms with Crippen molar-refractivity contribution in [2.24, 2.45) is 0 Å². The van der Waals surface area contributed by atoms with Crippen molar-refractivity contribution >= 4 is 18.2 Å². The number of aldehydes is 1. The molecule has 4 bridgehead atoms. The molecule has 0 aliphatic carbocycles. The van der Waals surface area contributed by atoms with Crippen molar-refractivity contribution in [3.8, 4) is 22.6 Å². The van der Waals surface area contributed by atoms with Crippen molar-refractivity contribution in [2.75, 3.05) is 33.3 Å². The number of ether oxygens (including phenoxy) is 2. The second kappa shape index (κ2) is 17.2. The predicted molar refractivity (Wildman–Crippen MR) is 185 cm³/mol. The number of likely N-dealkylation sites (N-methyl/N-ethyl adjacent to an activating group) is 1. The smallest absolute Gasteiger partial charge is 0.419 e. The zero-order chi connectivity index (χ0) is 42.7. The summed E-state index contributed by atoms with van der Waals surface area (Å²) in [4.78, 5) is 41.1. The van der Waals surface area contributed by atoms with Gasteiger partial charge in [0.1, 0.15) is 35.8 Å². The third-order valence-corrected chi connectivity index (χ3v) is 9.31. The Labute approximate surface area is 323 Å². The maximum atomic E-state index is 16.1. The first kappa shape index (κ1) is 43.7. The van der Waals surface area contributed by atoms with E-state index in [-0.39, 0.29) is 56.0 Å². The average molecular weight is 834 g/mol. The molecular weight excluding hydrogens is 799 g/mol. The molecule has 312 valence electrons. The Morgan fingerprint density at radius 1 is 0.983 bits per heavy atom. The molecule has 1 fully saturated rings. The largest absolute Gasteiger partial charge is 0.466 e. The zero-order valence-electron chi connectivity index (χ0n) is 30.5. The summed E-state index contributed by atoms with van der Waals surface area (Å²) in [6.07, 6.45) is -17.5. The third-order valence-electron chi connectivity index (χ3n) is 9.31. The number of hydrogen-bond acceptors (Lipinski definition) is 7. The number of benzene rings is 3. The molecule has 58 heavy (non-hydrogen) atoms. The number of fused-ring (bicyclic) bond motifs is 6. The van der Waals surface area contributed by atoms with Crippen LogP contribution in [0.1, 0.15) is 54.1 Å². The van der Waals surface area contributed by atoms with Crippen LogP contribution in [-0.2, 0) is 31.5 Å². The molecule has 2 aliphatic heterocycles. The molecule has 0 aromatic heterocycles. The molecule has 5 rings (SSSR count). The van der Waals surface area contributed by atoms with E-state index in [0.717, 1.165) is 36.3 Å². The van der Waals surface area contributed by atoms with Gasteiger partial charge in [-0.05, 0) is 72.5 Å². The normalized spacial score (nSPS) is 18.4. The molecule has 0 radical (unpaired) electrons. The maximum Gasteiger partial charge on any atom is 0.419 e. The van der Waals surface area contributed by atoms with Crippen LogP contribution in [0.25, 0.3) is 11.1 Å². The average Bonchev–Trinajstić information content (AvgIpc) is 3.10. The van der Waals surface area contributed by atoms with Crippen molar-refractivity contribution in [2.45, 2.75) is 56.5 Å². The number of nitrogens with one attached hydrogen (secondary N) is 1. The summed E-state index contributed by atoms with van der Waals surface area (Å²) in [5.74, 6) is -5.37. The molecule has 2 heterocycles. The van der Waals surface area contributed by atoms with E-state index in [0.29, 0.717) is 12.1 Å². The summed E-state index contributed by atoms with van der Waals surface area (Å²) in [5.41, 5.74) is -8.46. The number of carbonyl (C=O) groups is 3. The van der Waals surface area contributed by atoms with E-state index >= 15 is 4.39 Å². The standard InChI is InChI=1S/C39H34F11N3O5/c1-3-57-32(55)17-30-26-15-23(16-29(34(26)41)39(48,49)50)33-28(38(45,46)47)8-5-9-31(33)58-25-7-4-6-21(14-25)35(36(56)51-30)52(2)18-22(10-12-53-19-24(40)20-53)27(11-13-54)37(42,43)44/h4-9,11,13-16,18,24,30,35H,3,10,12,17,19-20H2,1-2H3,(H,51,56)/b22-18-,27-11+/t30-,35?/m0/s1. The highest BCUT2D eigenvalue weighted by Crippen LogP contribution is 2.47. The van der Waals surface area contributed by atoms with Crippen LogP contribution in [0.5, 0.6) is 11.5 Å². The van der Waals surface area contributed by atoms with Gasteiger partial charge < -0.3 is 19.7 Å². The van der Waals surface area contributed by atoms with Crippen LogP contribution < -0.4 is 10.1 Å². The molecule has 2 aliphatic rings. The lowest BCUT2D eigenvalue weighted by atomic mass is 9.91. The molecule has 2 atom stereocenters. The minimum atomic E-state index is -5.53. The third kappa shape index (κ3) is 9.97. The van der Waals surface area contributed by atoms with Crippen LogP contribution in [0.4, 0.5) is 48.3 Å². The van der Waals surface area contributed by atoms with Gasteiger partial charge in [-0.25, -0.2) is 8.78 Å². The molecule has 3 aromatic rings. The van der Waals surface area contributed by atoms with Crippen molar-refractivity contribution in [1.82, 2.24) is 15.1 Å². The molecule has 1 unspecified atom stereocenters. The van der Waals surface area contributed by atoms with Gasteiger partial charge in [-0.3, -0.25) is 19.3 Å². The Bertz CT molecular complexity index is 2090. The molecule has 1 saturated heterocycles. The van der Waals surface area contributed by atoms with Crippen molar-refractivity contribution in [3.63, 3.8) is 0 Å². The number of hydrogen-bond donors (Lipinski definition) is 1. The Morgan fingerprint density at radius 3 is 2.26 bits per heavy atom. The van der Waals surface area contributed by atoms with E-state index in [1.807, 2.05) is 0 Å². The molecular formula is C39H34F11N3O5. The van der Waals surface area contributed by atoms with Gasteiger partial charge in [0.15, 0.2) is 0 Å². The van der Waals surface area contributed by atoms with Gasteiger partial charge in [-0.2, -0.15) is 39.5 Å². The number of esters is 1. The first-order chi connectivity index (χ1) is 27.1. The topological polar surface area (TPSA) is 88.2 Å². The number of amides is 1. The van der Waals surface area contributed by atoms with Gasteiger partial charge in [-0.1, -0.05) is 18.2 Å². The predicted octanol–water partition coefficient (Wildman–Crippen LogP) is 9.03. The molecule has 19 heteroatoms. The lowest BCUT2D eigenvalue weighted by molar-refractivity contribution is -0.144. The van der Waals surface area contributed by atoms with Crippen molar-refractivity contribution < 1.29 is 72.2 Å². The van der Waals surface area contributed by atoms with Crippen LogP contribution in [-0.4, -0.2) is 73.6 Å². The highest BCUT2D eigenvalue weighted by Gasteiger charge is 2.42. The van der Waals surface area contributed by atoms with E-state index in [1.54, 1.807) is 0 Å². The minimum absolute atomic E-state index is 0.0665.